The van der Waals surface area contributed by atoms with Crippen molar-refractivity contribution in [3.8, 4) is 22.5 Å². The molecule has 1 aromatic heterocycles. The van der Waals surface area contributed by atoms with Crippen LogP contribution in [-0.4, -0.2) is 54.8 Å². The van der Waals surface area contributed by atoms with E-state index in [4.69, 9.17) is 9.97 Å². The van der Waals surface area contributed by atoms with Crippen molar-refractivity contribution < 1.29 is 21.6 Å². The van der Waals surface area contributed by atoms with Crippen LogP contribution in [0.1, 0.15) is 18.4 Å². The summed E-state index contributed by atoms with van der Waals surface area (Å²) in [4.78, 5) is 12.1. The van der Waals surface area contributed by atoms with Crippen molar-refractivity contribution in [2.45, 2.75) is 25.6 Å². The Morgan fingerprint density at radius 1 is 0.846 bits per heavy atom. The standard InChI is InChI=1S/C29H29F3N4O2S/c30-29(31,32)20-39(37,38)33-17-22-7-6-16-36(19-22)18-21-12-14-24(15-13-21)28-27(23-8-2-1-3-9-23)34-25-10-4-5-11-26(25)35-28/h1-5,8-15,22,33H,6-7,16-20H2. The first-order valence-electron chi connectivity index (χ1n) is 12.8. The Morgan fingerprint density at radius 2 is 1.44 bits per heavy atom. The minimum absolute atomic E-state index is 0.0107. The number of halogens is 3. The highest BCUT2D eigenvalue weighted by Gasteiger charge is 2.35. The molecule has 5 rings (SSSR count). The number of piperidine rings is 1. The summed E-state index contributed by atoms with van der Waals surface area (Å²) in [5, 5.41) is 0. The van der Waals surface area contributed by atoms with Crippen LogP contribution in [0.5, 0.6) is 0 Å². The van der Waals surface area contributed by atoms with E-state index in [-0.39, 0.29) is 12.5 Å². The highest BCUT2D eigenvalue weighted by molar-refractivity contribution is 7.89. The molecule has 2 heterocycles. The molecule has 0 saturated carbocycles. The number of nitrogens with zero attached hydrogens (tertiary/aromatic N) is 3. The fourth-order valence-electron chi connectivity index (χ4n) is 5.00. The molecular weight excluding hydrogens is 525 g/mol. The highest BCUT2D eigenvalue weighted by Crippen LogP contribution is 2.31. The average molecular weight is 555 g/mol. The summed E-state index contributed by atoms with van der Waals surface area (Å²) < 4.78 is 63.1. The SMILES string of the molecule is O=S(=O)(CC(F)(F)F)NCC1CCCN(Cc2ccc(-c3nc4ccccc4nc3-c3ccccc3)cc2)C1. The lowest BCUT2D eigenvalue weighted by Gasteiger charge is -2.32. The van der Waals surface area contributed by atoms with E-state index in [1.54, 1.807) is 0 Å². The molecule has 0 spiro atoms. The number of fused-ring (bicyclic) bond motifs is 1. The number of sulfonamides is 1. The van der Waals surface area contributed by atoms with E-state index in [2.05, 4.69) is 21.8 Å². The minimum atomic E-state index is -4.75. The molecule has 0 aliphatic carbocycles. The van der Waals surface area contributed by atoms with Gasteiger partial charge < -0.3 is 0 Å². The van der Waals surface area contributed by atoms with Gasteiger partial charge in [-0.25, -0.2) is 23.1 Å². The molecule has 1 aliphatic rings. The molecule has 4 aromatic rings. The Balaban J connectivity index is 1.29. The molecule has 0 amide bonds. The van der Waals surface area contributed by atoms with Crippen molar-refractivity contribution in [3.05, 3.63) is 84.4 Å². The third kappa shape index (κ3) is 7.20. The first kappa shape index (κ1) is 27.2. The predicted molar refractivity (Wildman–Crippen MR) is 146 cm³/mol. The molecule has 6 nitrogen and oxygen atoms in total. The number of hydrogen-bond acceptors (Lipinski definition) is 5. The van der Waals surface area contributed by atoms with Crippen LogP contribution in [0.25, 0.3) is 33.5 Å². The van der Waals surface area contributed by atoms with Gasteiger partial charge in [0.05, 0.1) is 22.4 Å². The lowest BCUT2D eigenvalue weighted by atomic mass is 9.97. The maximum Gasteiger partial charge on any atom is 0.404 e. The van der Waals surface area contributed by atoms with E-state index in [0.29, 0.717) is 13.1 Å². The molecule has 1 aliphatic heterocycles. The van der Waals surface area contributed by atoms with Crippen molar-refractivity contribution >= 4 is 21.1 Å². The van der Waals surface area contributed by atoms with Gasteiger partial charge in [0.25, 0.3) is 0 Å². The average Bonchev–Trinajstić information content (AvgIpc) is 2.91. The zero-order valence-electron chi connectivity index (χ0n) is 21.2. The fraction of sp³-hybridized carbons (Fsp3) is 0.310. The van der Waals surface area contributed by atoms with Gasteiger partial charge in [0.2, 0.25) is 10.0 Å². The monoisotopic (exact) mass is 554 g/mol. The number of para-hydroxylation sites is 2. The van der Waals surface area contributed by atoms with E-state index in [1.165, 1.54) is 0 Å². The van der Waals surface area contributed by atoms with E-state index >= 15 is 0 Å². The molecule has 1 unspecified atom stereocenters. The molecule has 1 saturated heterocycles. The summed E-state index contributed by atoms with van der Waals surface area (Å²) in [7, 11) is -4.39. The molecular formula is C29H29F3N4O2S. The maximum atomic E-state index is 12.5. The zero-order valence-corrected chi connectivity index (χ0v) is 22.0. The Labute approximate surface area is 226 Å². The molecule has 1 N–H and O–H groups in total. The summed E-state index contributed by atoms with van der Waals surface area (Å²) in [6.07, 6.45) is -3.12. The lowest BCUT2D eigenvalue weighted by molar-refractivity contribution is -0.106. The molecule has 3 aromatic carbocycles. The van der Waals surface area contributed by atoms with Gasteiger partial charge in [0.1, 0.15) is 0 Å². The van der Waals surface area contributed by atoms with Gasteiger partial charge in [0, 0.05) is 30.8 Å². The molecule has 0 radical (unpaired) electrons. The van der Waals surface area contributed by atoms with Crippen LogP contribution in [0.4, 0.5) is 13.2 Å². The van der Waals surface area contributed by atoms with E-state index < -0.39 is 22.0 Å². The number of rotatable bonds is 8. The van der Waals surface area contributed by atoms with Crippen molar-refractivity contribution in [1.29, 1.82) is 0 Å². The van der Waals surface area contributed by atoms with Gasteiger partial charge in [-0.2, -0.15) is 13.2 Å². The first-order chi connectivity index (χ1) is 18.7. The van der Waals surface area contributed by atoms with Crippen molar-refractivity contribution in [2.75, 3.05) is 25.4 Å². The first-order valence-corrected chi connectivity index (χ1v) is 14.5. The molecule has 0 bridgehead atoms. The number of nitrogens with one attached hydrogen (secondary N) is 1. The summed E-state index contributed by atoms with van der Waals surface area (Å²) in [6, 6.07) is 25.9. The number of alkyl halides is 3. The molecule has 10 heteroatoms. The third-order valence-corrected chi connectivity index (χ3v) is 8.11. The Hall–Kier alpha value is -3.34. The van der Waals surface area contributed by atoms with E-state index in [9.17, 15) is 21.6 Å². The number of likely N-dealkylation sites (tertiary alicyclic amines) is 1. The number of aromatic nitrogens is 2. The second-order valence-electron chi connectivity index (χ2n) is 9.94. The largest absolute Gasteiger partial charge is 0.404 e. The molecule has 204 valence electrons. The predicted octanol–water partition coefficient (Wildman–Crippen LogP) is 5.66. The third-order valence-electron chi connectivity index (χ3n) is 6.80. The quantitative estimate of drug-likeness (QED) is 0.304. The molecule has 1 fully saturated rings. The highest BCUT2D eigenvalue weighted by atomic mass is 32.2. The fourth-order valence-corrected chi connectivity index (χ4v) is 6.02. The topological polar surface area (TPSA) is 75.2 Å². The zero-order chi connectivity index (χ0) is 27.5. The normalized spacial score (nSPS) is 16.9. The van der Waals surface area contributed by atoms with Gasteiger partial charge >= 0.3 is 6.18 Å². The van der Waals surface area contributed by atoms with Gasteiger partial charge in [0.15, 0.2) is 5.75 Å². The van der Waals surface area contributed by atoms with Gasteiger partial charge in [-0.1, -0.05) is 66.7 Å². The minimum Gasteiger partial charge on any atom is -0.299 e. The van der Waals surface area contributed by atoms with Crippen molar-refractivity contribution in [3.63, 3.8) is 0 Å². The Morgan fingerprint density at radius 3 is 2.05 bits per heavy atom. The Bertz CT molecular complexity index is 1530. The second-order valence-corrected chi connectivity index (χ2v) is 11.7. The lowest BCUT2D eigenvalue weighted by Crippen LogP contribution is -2.42. The summed E-state index contributed by atoms with van der Waals surface area (Å²) in [5.41, 5.74) is 6.29. The maximum absolute atomic E-state index is 12.5. The Kier molecular flexibility index (Phi) is 7.97. The van der Waals surface area contributed by atoms with Gasteiger partial charge in [-0.05, 0) is 43.0 Å². The molecule has 39 heavy (non-hydrogen) atoms. The van der Waals surface area contributed by atoms with Crippen LogP contribution in [-0.2, 0) is 16.6 Å². The van der Waals surface area contributed by atoms with Crippen LogP contribution in [0.3, 0.4) is 0 Å². The van der Waals surface area contributed by atoms with Crippen LogP contribution in [0, 0.1) is 5.92 Å². The van der Waals surface area contributed by atoms with Gasteiger partial charge in [-0.3, -0.25) is 4.90 Å². The van der Waals surface area contributed by atoms with E-state index in [0.717, 1.165) is 58.5 Å². The molecule has 1 atom stereocenters. The van der Waals surface area contributed by atoms with Crippen molar-refractivity contribution in [1.82, 2.24) is 19.6 Å². The number of hydrogen-bond donors (Lipinski definition) is 1. The second kappa shape index (κ2) is 11.4. The van der Waals surface area contributed by atoms with Crippen molar-refractivity contribution in [2.24, 2.45) is 5.92 Å². The van der Waals surface area contributed by atoms with E-state index in [1.807, 2.05) is 66.7 Å². The smallest absolute Gasteiger partial charge is 0.299 e. The van der Waals surface area contributed by atoms with Crippen LogP contribution < -0.4 is 4.72 Å². The van der Waals surface area contributed by atoms with Crippen LogP contribution in [0.2, 0.25) is 0 Å². The van der Waals surface area contributed by atoms with Gasteiger partial charge in [-0.15, -0.1) is 0 Å². The van der Waals surface area contributed by atoms with Crippen LogP contribution in [0.15, 0.2) is 78.9 Å². The summed E-state index contributed by atoms with van der Waals surface area (Å²) in [5.74, 6) is -1.89. The summed E-state index contributed by atoms with van der Waals surface area (Å²) >= 11 is 0. The number of benzene rings is 3. The summed E-state index contributed by atoms with van der Waals surface area (Å²) in [6.45, 7) is 2.14. The van der Waals surface area contributed by atoms with Crippen LogP contribution >= 0.6 is 0 Å².